The molecular weight excluding hydrogens is 458 g/mol. The van der Waals surface area contributed by atoms with Gasteiger partial charge >= 0.3 is 12.4 Å². The topological polar surface area (TPSA) is 81.7 Å². The molecule has 2 rings (SSSR count). The van der Waals surface area contributed by atoms with Crippen LogP contribution in [0, 0.1) is 0 Å². The summed E-state index contributed by atoms with van der Waals surface area (Å²) in [5.41, 5.74) is 3.85. The lowest BCUT2D eigenvalue weighted by Crippen LogP contribution is -2.48. The third-order valence-corrected chi connectivity index (χ3v) is 12.9. The monoisotopic (exact) mass is 497 g/mol. The van der Waals surface area contributed by atoms with Crippen molar-refractivity contribution in [2.45, 2.75) is 70.5 Å². The van der Waals surface area contributed by atoms with Crippen molar-refractivity contribution >= 4 is 26.7 Å². The molecule has 0 aliphatic carbocycles. The minimum Gasteiger partial charge on any atom is -0.416 e. The molecule has 2 aromatic carbocycles. The van der Waals surface area contributed by atoms with Crippen LogP contribution in [0.5, 0.6) is 0 Å². The standard InChI is InChI=1S/C28H39NO5Si/c1-20(2)35(21(3)4,22(5)6)34-17-16-23-12-14-24(15-13-23)26(28(32)33-19-30)18-29-27(31)25-10-8-7-9-11-25/h7-15,19-22,26H,16-18H2,1-6H3,(H,29,31)/t26-/m0/s1. The van der Waals surface area contributed by atoms with Crippen molar-refractivity contribution in [1.82, 2.24) is 5.32 Å². The van der Waals surface area contributed by atoms with Gasteiger partial charge in [0.15, 0.2) is 8.32 Å². The average Bonchev–Trinajstić information content (AvgIpc) is 2.82. The Kier molecular flexibility index (Phi) is 10.9. The van der Waals surface area contributed by atoms with Gasteiger partial charge in [-0.3, -0.25) is 14.4 Å². The molecule has 190 valence electrons. The zero-order valence-corrected chi connectivity index (χ0v) is 22.7. The Labute approximate surface area is 210 Å². The molecule has 7 heteroatoms. The predicted molar refractivity (Wildman–Crippen MR) is 141 cm³/mol. The number of ether oxygens (including phenoxy) is 1. The predicted octanol–water partition coefficient (Wildman–Crippen LogP) is 5.63. The van der Waals surface area contributed by atoms with Crippen molar-refractivity contribution in [2.24, 2.45) is 0 Å². The molecule has 0 aliphatic rings. The van der Waals surface area contributed by atoms with Crippen molar-refractivity contribution in [3.63, 3.8) is 0 Å². The first kappa shape index (κ1) is 28.5. The van der Waals surface area contributed by atoms with Crippen molar-refractivity contribution in [3.8, 4) is 0 Å². The van der Waals surface area contributed by atoms with Crippen LogP contribution in [0.3, 0.4) is 0 Å². The highest BCUT2D eigenvalue weighted by Gasteiger charge is 2.44. The number of carbonyl (C=O) groups is 3. The summed E-state index contributed by atoms with van der Waals surface area (Å²) in [6, 6.07) is 16.4. The summed E-state index contributed by atoms with van der Waals surface area (Å²) >= 11 is 0. The summed E-state index contributed by atoms with van der Waals surface area (Å²) in [6.07, 6.45) is 0.773. The minimum atomic E-state index is -1.92. The Hall–Kier alpha value is -2.77. The van der Waals surface area contributed by atoms with Crippen LogP contribution in [0.4, 0.5) is 0 Å². The fourth-order valence-corrected chi connectivity index (χ4v) is 10.6. The van der Waals surface area contributed by atoms with E-state index in [1.807, 2.05) is 30.3 Å². The van der Waals surface area contributed by atoms with Crippen LogP contribution in [-0.4, -0.2) is 39.8 Å². The summed E-state index contributed by atoms with van der Waals surface area (Å²) in [5.74, 6) is -1.79. The van der Waals surface area contributed by atoms with E-state index in [1.165, 1.54) is 0 Å². The first-order chi connectivity index (χ1) is 16.6. The molecule has 0 saturated heterocycles. The van der Waals surface area contributed by atoms with Gasteiger partial charge in [0.1, 0.15) is 0 Å². The Morgan fingerprint density at radius 2 is 1.46 bits per heavy atom. The third kappa shape index (κ3) is 7.35. The van der Waals surface area contributed by atoms with E-state index in [-0.39, 0.29) is 18.9 Å². The van der Waals surface area contributed by atoms with E-state index in [1.54, 1.807) is 24.3 Å². The van der Waals surface area contributed by atoms with Gasteiger partial charge in [0.05, 0.1) is 5.92 Å². The van der Waals surface area contributed by atoms with E-state index >= 15 is 0 Å². The molecule has 0 heterocycles. The normalized spacial score (nSPS) is 12.6. The third-order valence-electron chi connectivity index (χ3n) is 6.78. The van der Waals surface area contributed by atoms with Gasteiger partial charge in [0, 0.05) is 18.7 Å². The van der Waals surface area contributed by atoms with Gasteiger partial charge in [0.25, 0.3) is 5.91 Å². The molecule has 0 saturated carbocycles. The van der Waals surface area contributed by atoms with Crippen LogP contribution >= 0.6 is 0 Å². The van der Waals surface area contributed by atoms with Gasteiger partial charge in [0.2, 0.25) is 0 Å². The van der Waals surface area contributed by atoms with Crippen LogP contribution in [-0.2, 0) is 25.2 Å². The zero-order valence-electron chi connectivity index (χ0n) is 21.7. The van der Waals surface area contributed by atoms with Gasteiger partial charge in [-0.1, -0.05) is 84.0 Å². The maximum Gasteiger partial charge on any atom is 0.322 e. The molecule has 0 bridgehead atoms. The van der Waals surface area contributed by atoms with Crippen LogP contribution in [0.2, 0.25) is 16.6 Å². The molecule has 6 nitrogen and oxygen atoms in total. The second-order valence-corrected chi connectivity index (χ2v) is 15.3. The molecule has 0 fully saturated rings. The molecule has 0 spiro atoms. The number of esters is 1. The van der Waals surface area contributed by atoms with E-state index in [9.17, 15) is 14.4 Å². The maximum atomic E-state index is 12.4. The number of rotatable bonds is 13. The highest BCUT2D eigenvalue weighted by molar-refractivity contribution is 6.77. The first-order valence-corrected chi connectivity index (χ1v) is 14.5. The molecule has 0 radical (unpaired) electrons. The lowest BCUT2D eigenvalue weighted by Gasteiger charge is -2.42. The number of nitrogens with one attached hydrogen (secondary N) is 1. The van der Waals surface area contributed by atoms with E-state index in [0.29, 0.717) is 34.4 Å². The maximum absolute atomic E-state index is 12.4. The molecular formula is C28H39NO5Si. The largest absolute Gasteiger partial charge is 0.416 e. The fourth-order valence-electron chi connectivity index (χ4n) is 5.12. The summed E-state index contributed by atoms with van der Waals surface area (Å²) < 4.78 is 11.3. The molecule has 0 aliphatic heterocycles. The Morgan fingerprint density at radius 3 is 1.97 bits per heavy atom. The quantitative estimate of drug-likeness (QED) is 0.168. The van der Waals surface area contributed by atoms with E-state index in [2.05, 4.69) is 51.6 Å². The van der Waals surface area contributed by atoms with Gasteiger partial charge in [-0.05, 0) is 46.3 Å². The number of hydrogen-bond acceptors (Lipinski definition) is 5. The Balaban J connectivity index is 2.08. The SMILES string of the molecule is CC(C)[Si](OCCc1ccc([C@H](CNC(=O)c2ccccc2)C(=O)OC=O)cc1)(C(C)C)C(C)C. The first-order valence-electron chi connectivity index (χ1n) is 12.3. The summed E-state index contributed by atoms with van der Waals surface area (Å²) in [4.78, 5) is 35.6. The molecule has 1 atom stereocenters. The molecule has 1 amide bonds. The molecule has 1 N–H and O–H groups in total. The number of hydrogen-bond donors (Lipinski definition) is 1. The number of benzene rings is 2. The Morgan fingerprint density at radius 1 is 0.886 bits per heavy atom. The second-order valence-electron chi connectivity index (χ2n) is 9.82. The van der Waals surface area contributed by atoms with Crippen LogP contribution in [0.1, 0.15) is 68.9 Å². The average molecular weight is 498 g/mol. The van der Waals surface area contributed by atoms with E-state index < -0.39 is 20.2 Å². The van der Waals surface area contributed by atoms with Gasteiger partial charge < -0.3 is 14.5 Å². The van der Waals surface area contributed by atoms with E-state index in [0.717, 1.165) is 12.0 Å². The fraction of sp³-hybridized carbons (Fsp3) is 0.464. The lowest BCUT2D eigenvalue weighted by molar-refractivity contribution is -0.152. The van der Waals surface area contributed by atoms with Crippen molar-refractivity contribution in [3.05, 3.63) is 71.3 Å². The van der Waals surface area contributed by atoms with Crippen LogP contribution in [0.25, 0.3) is 0 Å². The molecule has 0 aromatic heterocycles. The second kappa shape index (κ2) is 13.4. The number of carbonyl (C=O) groups excluding carboxylic acids is 3. The van der Waals surface area contributed by atoms with Crippen LogP contribution in [0.15, 0.2) is 54.6 Å². The Bertz CT molecular complexity index is 935. The van der Waals surface area contributed by atoms with Gasteiger partial charge in [-0.2, -0.15) is 0 Å². The molecule has 35 heavy (non-hydrogen) atoms. The summed E-state index contributed by atoms with van der Waals surface area (Å²) in [5, 5.41) is 2.76. The van der Waals surface area contributed by atoms with Crippen molar-refractivity contribution in [1.29, 1.82) is 0 Å². The van der Waals surface area contributed by atoms with Gasteiger partial charge in [-0.25, -0.2) is 0 Å². The van der Waals surface area contributed by atoms with Gasteiger partial charge in [-0.15, -0.1) is 0 Å². The lowest BCUT2D eigenvalue weighted by atomic mass is 9.97. The summed E-state index contributed by atoms with van der Waals surface area (Å²) in [7, 11) is -1.92. The smallest absolute Gasteiger partial charge is 0.322 e. The highest BCUT2D eigenvalue weighted by atomic mass is 28.4. The van der Waals surface area contributed by atoms with E-state index in [4.69, 9.17) is 4.43 Å². The number of amides is 1. The van der Waals surface area contributed by atoms with Crippen LogP contribution < -0.4 is 5.32 Å². The minimum absolute atomic E-state index is 0.0220. The van der Waals surface area contributed by atoms with Crippen molar-refractivity contribution in [2.75, 3.05) is 13.2 Å². The highest BCUT2D eigenvalue weighted by Crippen LogP contribution is 2.42. The summed E-state index contributed by atoms with van der Waals surface area (Å²) in [6.45, 7) is 14.4. The molecule has 2 aromatic rings. The van der Waals surface area contributed by atoms with Crippen molar-refractivity contribution < 1.29 is 23.5 Å². The zero-order chi connectivity index (χ0) is 26.0. The molecule has 0 unspecified atom stereocenters.